The van der Waals surface area contributed by atoms with Crippen LogP contribution in [0.25, 0.3) is 0 Å². The zero-order valence-electron chi connectivity index (χ0n) is 13.1. The maximum absolute atomic E-state index is 4.99. The van der Waals surface area contributed by atoms with E-state index in [1.54, 1.807) is 18.7 Å². The van der Waals surface area contributed by atoms with Gasteiger partial charge in [0.25, 0.3) is 0 Å². The molecule has 1 fully saturated rings. The van der Waals surface area contributed by atoms with E-state index in [4.69, 9.17) is 4.52 Å². The molecule has 7 nitrogen and oxygen atoms in total. The van der Waals surface area contributed by atoms with E-state index in [2.05, 4.69) is 36.8 Å². The van der Waals surface area contributed by atoms with E-state index >= 15 is 0 Å². The smallest absolute Gasteiger partial charge is 0.223 e. The normalized spacial score (nSPS) is 15.3. The highest BCUT2D eigenvalue weighted by molar-refractivity contribution is 7.98. The maximum Gasteiger partial charge on any atom is 0.223 e. The highest BCUT2D eigenvalue weighted by Gasteiger charge is 2.23. The van der Waals surface area contributed by atoms with Crippen LogP contribution in [-0.2, 0) is 12.3 Å². The van der Waals surface area contributed by atoms with Crippen molar-refractivity contribution in [3.05, 3.63) is 30.2 Å². The van der Waals surface area contributed by atoms with E-state index in [-0.39, 0.29) is 12.4 Å². The topological polar surface area (TPSA) is 81.7 Å². The van der Waals surface area contributed by atoms with Crippen molar-refractivity contribution >= 4 is 24.2 Å². The first-order valence-corrected chi connectivity index (χ1v) is 8.43. The summed E-state index contributed by atoms with van der Waals surface area (Å²) >= 11 is 1.58. The van der Waals surface area contributed by atoms with Gasteiger partial charge in [-0.3, -0.25) is 0 Å². The molecule has 0 atom stereocenters. The number of halogens is 1. The third-order valence-corrected chi connectivity index (χ3v) is 4.62. The molecule has 23 heavy (non-hydrogen) atoms. The average Bonchev–Trinajstić information content (AvgIpc) is 3.13. The van der Waals surface area contributed by atoms with Gasteiger partial charge in [0.15, 0.2) is 11.0 Å². The van der Waals surface area contributed by atoms with Gasteiger partial charge in [0.2, 0.25) is 5.89 Å². The van der Waals surface area contributed by atoms with Crippen molar-refractivity contribution in [2.24, 2.45) is 0 Å². The number of allylic oxidation sites excluding steroid dienone is 1. The van der Waals surface area contributed by atoms with Crippen LogP contribution in [0.4, 0.5) is 0 Å². The summed E-state index contributed by atoms with van der Waals surface area (Å²) in [5, 5.41) is 17.0. The van der Waals surface area contributed by atoms with Crippen molar-refractivity contribution in [3.8, 4) is 0 Å². The minimum absolute atomic E-state index is 0. The van der Waals surface area contributed by atoms with E-state index in [1.807, 2.05) is 6.08 Å². The lowest BCUT2D eigenvalue weighted by atomic mass is 9.97. The molecular formula is C14H21ClN6OS. The summed E-state index contributed by atoms with van der Waals surface area (Å²) < 4.78 is 7.14. The predicted octanol–water partition coefficient (Wildman–Crippen LogP) is 2.34. The van der Waals surface area contributed by atoms with Crippen molar-refractivity contribution in [1.29, 1.82) is 0 Å². The lowest BCUT2D eigenvalue weighted by Crippen LogP contribution is -2.28. The largest absolute Gasteiger partial charge is 0.340 e. The Hall–Kier alpha value is -1.38. The second-order valence-corrected chi connectivity index (χ2v) is 6.23. The molecule has 0 spiro atoms. The first-order chi connectivity index (χ1) is 10.8. The Morgan fingerprint density at radius 2 is 2.17 bits per heavy atom. The van der Waals surface area contributed by atoms with Crippen LogP contribution in [0, 0.1) is 6.92 Å². The first kappa shape index (κ1) is 18.0. The zero-order valence-corrected chi connectivity index (χ0v) is 14.7. The van der Waals surface area contributed by atoms with Crippen LogP contribution >= 0.6 is 24.2 Å². The molecule has 2 aromatic heterocycles. The summed E-state index contributed by atoms with van der Waals surface area (Å²) in [5.41, 5.74) is 0. The van der Waals surface area contributed by atoms with Gasteiger partial charge in [0, 0.05) is 19.4 Å². The van der Waals surface area contributed by atoms with Crippen LogP contribution in [-0.4, -0.2) is 38.0 Å². The maximum atomic E-state index is 4.99. The van der Waals surface area contributed by atoms with Gasteiger partial charge in [0.05, 0.1) is 5.75 Å². The van der Waals surface area contributed by atoms with Crippen molar-refractivity contribution in [2.45, 2.75) is 43.1 Å². The molecule has 0 amide bonds. The fourth-order valence-electron chi connectivity index (χ4n) is 2.62. The summed E-state index contributed by atoms with van der Waals surface area (Å²) in [6, 6.07) is 0. The van der Waals surface area contributed by atoms with Gasteiger partial charge in [-0.25, -0.2) is 0 Å². The minimum atomic E-state index is 0. The number of aryl methyl sites for hydroxylation is 1. The lowest BCUT2D eigenvalue weighted by Gasteiger charge is -2.22. The number of nitrogens with zero attached hydrogens (tertiary/aromatic N) is 5. The molecule has 0 aromatic carbocycles. The summed E-state index contributed by atoms with van der Waals surface area (Å²) in [4.78, 5) is 4.21. The molecule has 9 heteroatoms. The van der Waals surface area contributed by atoms with Gasteiger partial charge in [0.1, 0.15) is 5.82 Å². The summed E-state index contributed by atoms with van der Waals surface area (Å²) in [5.74, 6) is 3.42. The third-order valence-electron chi connectivity index (χ3n) is 3.66. The summed E-state index contributed by atoms with van der Waals surface area (Å²) in [6.45, 7) is 8.43. The lowest BCUT2D eigenvalue weighted by molar-refractivity contribution is 0.389. The minimum Gasteiger partial charge on any atom is -0.340 e. The van der Waals surface area contributed by atoms with E-state index < -0.39 is 0 Å². The highest BCUT2D eigenvalue weighted by Crippen LogP contribution is 2.28. The second kappa shape index (κ2) is 8.47. The van der Waals surface area contributed by atoms with Gasteiger partial charge >= 0.3 is 0 Å². The van der Waals surface area contributed by atoms with Crippen molar-refractivity contribution < 1.29 is 4.52 Å². The Morgan fingerprint density at radius 1 is 1.39 bits per heavy atom. The highest BCUT2D eigenvalue weighted by atomic mass is 35.5. The Labute approximate surface area is 145 Å². The van der Waals surface area contributed by atoms with Crippen molar-refractivity contribution in [1.82, 2.24) is 30.2 Å². The van der Waals surface area contributed by atoms with Gasteiger partial charge in [-0.15, -0.1) is 29.2 Å². The molecule has 0 aliphatic carbocycles. The van der Waals surface area contributed by atoms with Crippen LogP contribution in [0.5, 0.6) is 0 Å². The molecule has 1 aliphatic heterocycles. The molecule has 126 valence electrons. The molecule has 1 aliphatic rings. The van der Waals surface area contributed by atoms with Crippen molar-refractivity contribution in [2.75, 3.05) is 13.1 Å². The number of thioether (sulfide) groups is 1. The number of aromatic nitrogens is 5. The van der Waals surface area contributed by atoms with E-state index in [0.29, 0.717) is 23.4 Å². The molecule has 1 N–H and O–H groups in total. The number of rotatable bonds is 6. The zero-order chi connectivity index (χ0) is 15.4. The quantitative estimate of drug-likeness (QED) is 0.628. The Morgan fingerprint density at radius 3 is 2.83 bits per heavy atom. The average molecular weight is 357 g/mol. The van der Waals surface area contributed by atoms with Crippen LogP contribution in [0.2, 0.25) is 0 Å². The van der Waals surface area contributed by atoms with Crippen LogP contribution in [0.3, 0.4) is 0 Å². The number of hydrogen-bond donors (Lipinski definition) is 1. The Kier molecular flexibility index (Phi) is 6.61. The molecule has 1 saturated heterocycles. The third kappa shape index (κ3) is 4.33. The Balaban J connectivity index is 0.00000192. The second-order valence-electron chi connectivity index (χ2n) is 5.28. The molecule has 0 radical (unpaired) electrons. The van der Waals surface area contributed by atoms with Gasteiger partial charge < -0.3 is 14.4 Å². The predicted molar refractivity (Wildman–Crippen MR) is 90.9 cm³/mol. The van der Waals surface area contributed by atoms with E-state index in [9.17, 15) is 0 Å². The molecule has 3 heterocycles. The van der Waals surface area contributed by atoms with Gasteiger partial charge in [-0.05, 0) is 25.9 Å². The summed E-state index contributed by atoms with van der Waals surface area (Å²) in [6.07, 6.45) is 4.09. The fourth-order valence-corrected chi connectivity index (χ4v) is 3.42. The van der Waals surface area contributed by atoms with Crippen LogP contribution in [0.15, 0.2) is 22.3 Å². The molecule has 0 unspecified atom stereocenters. The molecular weight excluding hydrogens is 336 g/mol. The fraction of sp³-hybridized carbons (Fsp3) is 0.571. The number of nitrogens with one attached hydrogen (secondary N) is 1. The SMILES string of the molecule is C=CCn1c(SCc2noc(C)n2)nnc1C1CCNCC1.Cl. The van der Waals surface area contributed by atoms with Crippen LogP contribution < -0.4 is 5.32 Å². The molecule has 2 aromatic rings. The van der Waals surface area contributed by atoms with E-state index in [0.717, 1.165) is 43.5 Å². The van der Waals surface area contributed by atoms with Gasteiger partial charge in [-0.1, -0.05) is 23.0 Å². The standard InChI is InChI=1S/C14H20N6OS.ClH/c1-3-8-20-13(11-4-6-15-7-5-11)17-18-14(20)22-9-12-16-10(2)21-19-12;/h3,11,15H,1,4-9H2,2H3;1H. The first-order valence-electron chi connectivity index (χ1n) is 7.44. The number of hydrogen-bond acceptors (Lipinski definition) is 7. The van der Waals surface area contributed by atoms with E-state index in [1.165, 1.54) is 0 Å². The van der Waals surface area contributed by atoms with Crippen molar-refractivity contribution in [3.63, 3.8) is 0 Å². The van der Waals surface area contributed by atoms with Crippen LogP contribution in [0.1, 0.15) is 36.3 Å². The molecule has 3 rings (SSSR count). The Bertz CT molecular complexity index is 637. The molecule has 0 saturated carbocycles. The monoisotopic (exact) mass is 356 g/mol. The summed E-state index contributed by atoms with van der Waals surface area (Å²) in [7, 11) is 0. The molecule has 0 bridgehead atoms. The van der Waals surface area contributed by atoms with Gasteiger partial charge in [-0.2, -0.15) is 4.98 Å². The number of piperidine rings is 1.